The van der Waals surface area contributed by atoms with Crippen molar-refractivity contribution in [3.8, 4) is 5.75 Å². The highest BCUT2D eigenvalue weighted by molar-refractivity contribution is 5.97. The van der Waals surface area contributed by atoms with Crippen molar-refractivity contribution in [1.82, 2.24) is 0 Å². The summed E-state index contributed by atoms with van der Waals surface area (Å²) in [5, 5.41) is 8.59. The Morgan fingerprint density at radius 3 is 2.86 bits per heavy atom. The van der Waals surface area contributed by atoms with E-state index in [1.807, 2.05) is 0 Å². The third-order valence-corrected chi connectivity index (χ3v) is 1.83. The maximum Gasteiger partial charge on any atom is 0.252 e. The zero-order valence-corrected chi connectivity index (χ0v) is 7.99. The highest BCUT2D eigenvalue weighted by atomic mass is 16.5. The summed E-state index contributed by atoms with van der Waals surface area (Å²) in [5.41, 5.74) is 6.35. The van der Waals surface area contributed by atoms with Gasteiger partial charge in [0.2, 0.25) is 0 Å². The third-order valence-electron chi connectivity index (χ3n) is 1.83. The topological polar surface area (TPSA) is 72.6 Å². The summed E-state index contributed by atoms with van der Waals surface area (Å²) in [5.74, 6) is -0.0948. The first-order valence-corrected chi connectivity index (χ1v) is 4.30. The fourth-order valence-corrected chi connectivity index (χ4v) is 1.23. The Balaban J connectivity index is 3.02. The van der Waals surface area contributed by atoms with Crippen molar-refractivity contribution in [2.24, 2.45) is 5.73 Å². The molecule has 0 aromatic heterocycles. The van der Waals surface area contributed by atoms with E-state index in [0.717, 1.165) is 5.56 Å². The molecule has 1 aromatic carbocycles. The van der Waals surface area contributed by atoms with E-state index in [9.17, 15) is 4.79 Å². The molecule has 0 saturated heterocycles. The second-order valence-electron chi connectivity index (χ2n) is 2.88. The zero-order chi connectivity index (χ0) is 10.6. The van der Waals surface area contributed by atoms with Crippen LogP contribution in [0, 0.1) is 6.92 Å². The molecule has 4 nitrogen and oxygen atoms in total. The van der Waals surface area contributed by atoms with Crippen LogP contribution in [0.5, 0.6) is 5.75 Å². The summed E-state index contributed by atoms with van der Waals surface area (Å²) in [6.07, 6.45) is 0. The standard InChI is InChI=1S/C10H13NO3/c1-7-3-2-4-8(14-6-5-12)9(7)10(11)13/h2-4,12H,5-6H2,1H3,(H2,11,13). The van der Waals surface area contributed by atoms with Crippen LogP contribution in [-0.2, 0) is 0 Å². The summed E-state index contributed by atoms with van der Waals surface area (Å²) in [4.78, 5) is 11.1. The average Bonchev–Trinajstić information content (AvgIpc) is 2.14. The molecule has 0 fully saturated rings. The molecule has 0 heterocycles. The number of amides is 1. The lowest BCUT2D eigenvalue weighted by Gasteiger charge is -2.10. The number of aryl methyl sites for hydroxylation is 1. The molecule has 0 unspecified atom stereocenters. The molecule has 76 valence electrons. The molecule has 4 heteroatoms. The van der Waals surface area contributed by atoms with Gasteiger partial charge < -0.3 is 15.6 Å². The molecule has 1 amide bonds. The molecule has 0 spiro atoms. The molecular formula is C10H13NO3. The minimum absolute atomic E-state index is 0.0911. The first kappa shape index (κ1) is 10.5. The predicted octanol–water partition coefficient (Wildman–Crippen LogP) is 0.465. The first-order valence-electron chi connectivity index (χ1n) is 4.30. The Labute approximate surface area is 82.3 Å². The molecule has 14 heavy (non-hydrogen) atoms. The van der Waals surface area contributed by atoms with Crippen LogP contribution in [0.25, 0.3) is 0 Å². The van der Waals surface area contributed by atoms with Gasteiger partial charge >= 0.3 is 0 Å². The number of benzene rings is 1. The maximum atomic E-state index is 11.1. The summed E-state index contributed by atoms with van der Waals surface area (Å²) < 4.78 is 5.18. The number of aliphatic hydroxyl groups is 1. The normalized spacial score (nSPS) is 9.86. The Morgan fingerprint density at radius 2 is 2.29 bits per heavy atom. The van der Waals surface area contributed by atoms with Gasteiger partial charge in [-0.05, 0) is 18.6 Å². The molecule has 0 atom stereocenters. The van der Waals surface area contributed by atoms with Gasteiger partial charge in [-0.2, -0.15) is 0 Å². The van der Waals surface area contributed by atoms with E-state index in [-0.39, 0.29) is 13.2 Å². The number of nitrogens with two attached hydrogens (primary N) is 1. The molecule has 0 aliphatic heterocycles. The van der Waals surface area contributed by atoms with Gasteiger partial charge in [0.15, 0.2) is 0 Å². The quantitative estimate of drug-likeness (QED) is 0.733. The molecule has 1 aromatic rings. The van der Waals surface area contributed by atoms with Gasteiger partial charge in [0.25, 0.3) is 5.91 Å². The Kier molecular flexibility index (Phi) is 3.48. The SMILES string of the molecule is Cc1cccc(OCCO)c1C(N)=O. The number of hydrogen-bond acceptors (Lipinski definition) is 3. The minimum atomic E-state index is -0.518. The number of carbonyl (C=O) groups excluding carboxylic acids is 1. The summed E-state index contributed by atoms with van der Waals surface area (Å²) in [6, 6.07) is 5.21. The van der Waals surface area contributed by atoms with Gasteiger partial charge in [0, 0.05) is 0 Å². The maximum absolute atomic E-state index is 11.1. The van der Waals surface area contributed by atoms with E-state index in [1.54, 1.807) is 25.1 Å². The van der Waals surface area contributed by atoms with Crippen LogP contribution in [0.4, 0.5) is 0 Å². The van der Waals surface area contributed by atoms with Crippen LogP contribution < -0.4 is 10.5 Å². The van der Waals surface area contributed by atoms with Crippen LogP contribution in [0.1, 0.15) is 15.9 Å². The van der Waals surface area contributed by atoms with Crippen molar-refractivity contribution in [2.75, 3.05) is 13.2 Å². The second-order valence-corrected chi connectivity index (χ2v) is 2.88. The summed E-state index contributed by atoms with van der Waals surface area (Å²) in [6.45, 7) is 1.85. The van der Waals surface area contributed by atoms with E-state index < -0.39 is 5.91 Å². The third kappa shape index (κ3) is 2.23. The molecule has 0 aliphatic rings. The Bertz CT molecular complexity index is 336. The highest BCUT2D eigenvalue weighted by Gasteiger charge is 2.11. The molecule has 1 rings (SSSR count). The lowest BCUT2D eigenvalue weighted by atomic mass is 10.1. The lowest BCUT2D eigenvalue weighted by molar-refractivity contribution is 0.0994. The minimum Gasteiger partial charge on any atom is -0.490 e. The molecule has 0 aliphatic carbocycles. The summed E-state index contributed by atoms with van der Waals surface area (Å²) in [7, 11) is 0. The Morgan fingerprint density at radius 1 is 1.57 bits per heavy atom. The van der Waals surface area contributed by atoms with Crippen LogP contribution in [0.2, 0.25) is 0 Å². The molecule has 0 saturated carbocycles. The van der Waals surface area contributed by atoms with Gasteiger partial charge in [-0.15, -0.1) is 0 Å². The van der Waals surface area contributed by atoms with Crippen molar-refractivity contribution in [2.45, 2.75) is 6.92 Å². The lowest BCUT2D eigenvalue weighted by Crippen LogP contribution is -2.15. The van der Waals surface area contributed by atoms with Crippen molar-refractivity contribution < 1.29 is 14.6 Å². The average molecular weight is 195 g/mol. The van der Waals surface area contributed by atoms with Gasteiger partial charge in [-0.1, -0.05) is 12.1 Å². The zero-order valence-electron chi connectivity index (χ0n) is 7.99. The monoisotopic (exact) mass is 195 g/mol. The molecule has 0 radical (unpaired) electrons. The van der Waals surface area contributed by atoms with Gasteiger partial charge in [0.05, 0.1) is 12.2 Å². The van der Waals surface area contributed by atoms with Gasteiger partial charge in [0.1, 0.15) is 12.4 Å². The van der Waals surface area contributed by atoms with Crippen molar-refractivity contribution in [3.05, 3.63) is 29.3 Å². The fraction of sp³-hybridized carbons (Fsp3) is 0.300. The van der Waals surface area contributed by atoms with Crippen LogP contribution in [0.15, 0.2) is 18.2 Å². The van der Waals surface area contributed by atoms with Crippen LogP contribution >= 0.6 is 0 Å². The van der Waals surface area contributed by atoms with Gasteiger partial charge in [-0.25, -0.2) is 0 Å². The first-order chi connectivity index (χ1) is 6.66. The number of aliphatic hydroxyl groups excluding tert-OH is 1. The molecule has 0 bridgehead atoms. The van der Waals surface area contributed by atoms with Crippen molar-refractivity contribution in [3.63, 3.8) is 0 Å². The number of primary amides is 1. The highest BCUT2D eigenvalue weighted by Crippen LogP contribution is 2.21. The Hall–Kier alpha value is -1.55. The van der Waals surface area contributed by atoms with Gasteiger partial charge in [-0.3, -0.25) is 4.79 Å². The largest absolute Gasteiger partial charge is 0.490 e. The number of rotatable bonds is 4. The predicted molar refractivity (Wildman–Crippen MR) is 52.3 cm³/mol. The number of ether oxygens (including phenoxy) is 1. The smallest absolute Gasteiger partial charge is 0.252 e. The van der Waals surface area contributed by atoms with E-state index in [2.05, 4.69) is 0 Å². The van der Waals surface area contributed by atoms with Crippen LogP contribution in [0.3, 0.4) is 0 Å². The van der Waals surface area contributed by atoms with E-state index in [4.69, 9.17) is 15.6 Å². The molecule has 3 N–H and O–H groups in total. The van der Waals surface area contributed by atoms with Crippen LogP contribution in [-0.4, -0.2) is 24.2 Å². The van der Waals surface area contributed by atoms with E-state index in [0.29, 0.717) is 11.3 Å². The number of hydrogen-bond donors (Lipinski definition) is 2. The van der Waals surface area contributed by atoms with Crippen molar-refractivity contribution >= 4 is 5.91 Å². The van der Waals surface area contributed by atoms with E-state index >= 15 is 0 Å². The van der Waals surface area contributed by atoms with E-state index in [1.165, 1.54) is 0 Å². The summed E-state index contributed by atoms with van der Waals surface area (Å²) >= 11 is 0. The molecular weight excluding hydrogens is 182 g/mol. The number of carbonyl (C=O) groups is 1. The van der Waals surface area contributed by atoms with Crippen molar-refractivity contribution in [1.29, 1.82) is 0 Å². The second kappa shape index (κ2) is 4.62. The fourth-order valence-electron chi connectivity index (χ4n) is 1.23.